The molecule has 74 valence electrons. The van der Waals surface area contributed by atoms with Crippen LogP contribution in [0.25, 0.3) is 0 Å². The molecule has 0 bridgehead atoms. The average Bonchev–Trinajstić information content (AvgIpc) is 2.28. The number of hydrogen-bond donors (Lipinski definition) is 0. The number of alkyl halides is 2. The Balaban J connectivity index is 3.14. The first kappa shape index (κ1) is 10.2. The third kappa shape index (κ3) is 1.87. The highest BCUT2D eigenvalue weighted by Gasteiger charge is 2.21. The van der Waals surface area contributed by atoms with Crippen molar-refractivity contribution in [2.45, 2.75) is 39.7 Å². The first-order chi connectivity index (χ1) is 5.84. The molecule has 13 heavy (non-hydrogen) atoms. The van der Waals surface area contributed by atoms with Crippen molar-refractivity contribution < 1.29 is 8.78 Å². The molecule has 1 rings (SSSR count). The molecule has 0 N–H and O–H groups in total. The van der Waals surface area contributed by atoms with Crippen LogP contribution in [0.3, 0.4) is 0 Å². The molecule has 0 aliphatic rings. The van der Waals surface area contributed by atoms with Crippen molar-refractivity contribution in [3.8, 4) is 0 Å². The first-order valence-electron chi connectivity index (χ1n) is 4.17. The summed E-state index contributed by atoms with van der Waals surface area (Å²) in [5.41, 5.74) is 0.328. The zero-order valence-electron chi connectivity index (χ0n) is 8.31. The van der Waals surface area contributed by atoms with Gasteiger partial charge in [-0.05, 0) is 27.7 Å². The molecule has 0 atom stereocenters. The summed E-state index contributed by atoms with van der Waals surface area (Å²) in [6.07, 6.45) is -1.19. The lowest BCUT2D eigenvalue weighted by Crippen LogP contribution is -2.24. The standard InChI is InChI=1S/C9H14F2N2/c1-6-7(8(10)11)5-12-13(6)9(2,3)4/h5,8H,1-4H3. The lowest BCUT2D eigenvalue weighted by atomic mass is 10.1. The molecule has 1 aromatic rings. The highest BCUT2D eigenvalue weighted by atomic mass is 19.3. The van der Waals surface area contributed by atoms with Crippen molar-refractivity contribution in [3.05, 3.63) is 17.5 Å². The summed E-state index contributed by atoms with van der Waals surface area (Å²) < 4.78 is 26.4. The largest absolute Gasteiger partial charge is 0.267 e. The van der Waals surface area contributed by atoms with Gasteiger partial charge in [-0.15, -0.1) is 0 Å². The quantitative estimate of drug-likeness (QED) is 0.662. The summed E-state index contributed by atoms with van der Waals surface area (Å²) in [6, 6.07) is 0. The second kappa shape index (κ2) is 3.09. The third-order valence-corrected chi connectivity index (χ3v) is 1.92. The second-order valence-corrected chi connectivity index (χ2v) is 4.07. The summed E-state index contributed by atoms with van der Waals surface area (Å²) in [5.74, 6) is 0. The molecule has 0 aromatic carbocycles. The van der Waals surface area contributed by atoms with Crippen LogP contribution >= 0.6 is 0 Å². The lowest BCUT2D eigenvalue weighted by molar-refractivity contribution is 0.150. The van der Waals surface area contributed by atoms with Gasteiger partial charge in [0.1, 0.15) is 0 Å². The highest BCUT2D eigenvalue weighted by Crippen LogP contribution is 2.25. The van der Waals surface area contributed by atoms with Gasteiger partial charge in [0.2, 0.25) is 0 Å². The van der Waals surface area contributed by atoms with E-state index in [-0.39, 0.29) is 11.1 Å². The van der Waals surface area contributed by atoms with E-state index in [4.69, 9.17) is 0 Å². The SMILES string of the molecule is Cc1c(C(F)F)cnn1C(C)(C)C. The van der Waals surface area contributed by atoms with Gasteiger partial charge in [-0.25, -0.2) is 8.78 Å². The highest BCUT2D eigenvalue weighted by molar-refractivity contribution is 5.18. The van der Waals surface area contributed by atoms with Gasteiger partial charge in [-0.1, -0.05) is 0 Å². The van der Waals surface area contributed by atoms with Gasteiger partial charge in [0.25, 0.3) is 6.43 Å². The van der Waals surface area contributed by atoms with E-state index in [1.165, 1.54) is 6.20 Å². The van der Waals surface area contributed by atoms with Crippen LogP contribution in [-0.2, 0) is 5.54 Å². The first-order valence-corrected chi connectivity index (χ1v) is 4.17. The Hall–Kier alpha value is -0.930. The minimum Gasteiger partial charge on any atom is -0.264 e. The third-order valence-electron chi connectivity index (χ3n) is 1.92. The van der Waals surface area contributed by atoms with Gasteiger partial charge < -0.3 is 0 Å². The fourth-order valence-corrected chi connectivity index (χ4v) is 1.31. The summed E-state index contributed by atoms with van der Waals surface area (Å²) in [4.78, 5) is 0. The smallest absolute Gasteiger partial charge is 0.264 e. The van der Waals surface area contributed by atoms with E-state index < -0.39 is 6.43 Å². The molecule has 4 heteroatoms. The van der Waals surface area contributed by atoms with Crippen molar-refractivity contribution in [1.29, 1.82) is 0 Å². The van der Waals surface area contributed by atoms with Crippen LogP contribution in [0.1, 0.15) is 38.5 Å². The number of nitrogens with zero attached hydrogens (tertiary/aromatic N) is 2. The van der Waals surface area contributed by atoms with Crippen LogP contribution in [0.4, 0.5) is 8.78 Å². The Bertz CT molecular complexity index is 297. The predicted molar refractivity (Wildman–Crippen MR) is 46.9 cm³/mol. The van der Waals surface area contributed by atoms with Gasteiger partial charge in [-0.3, -0.25) is 4.68 Å². The molecule has 2 nitrogen and oxygen atoms in total. The minimum absolute atomic E-state index is 0.0231. The Morgan fingerprint density at radius 2 is 1.92 bits per heavy atom. The van der Waals surface area contributed by atoms with Crippen molar-refractivity contribution in [1.82, 2.24) is 9.78 Å². The Morgan fingerprint density at radius 3 is 2.15 bits per heavy atom. The maximum atomic E-state index is 12.4. The van der Waals surface area contributed by atoms with Crippen LogP contribution in [0.15, 0.2) is 6.20 Å². The molecule has 0 radical (unpaired) electrons. The van der Waals surface area contributed by atoms with Gasteiger partial charge >= 0.3 is 0 Å². The van der Waals surface area contributed by atoms with E-state index >= 15 is 0 Å². The van der Waals surface area contributed by atoms with Gasteiger partial charge in [0.15, 0.2) is 0 Å². The Morgan fingerprint density at radius 1 is 1.38 bits per heavy atom. The maximum absolute atomic E-state index is 12.4. The van der Waals surface area contributed by atoms with E-state index in [1.54, 1.807) is 11.6 Å². The summed E-state index contributed by atoms with van der Waals surface area (Å²) in [5, 5.41) is 3.94. The predicted octanol–water partition coefficient (Wildman–Crippen LogP) is 2.88. The van der Waals surface area contributed by atoms with Gasteiger partial charge in [-0.2, -0.15) is 5.10 Å². The van der Waals surface area contributed by atoms with Crippen molar-refractivity contribution in [2.24, 2.45) is 0 Å². The zero-order valence-corrected chi connectivity index (χ0v) is 8.31. The van der Waals surface area contributed by atoms with Crippen LogP contribution in [0, 0.1) is 6.92 Å². The number of aromatic nitrogens is 2. The molecule has 0 amide bonds. The molecule has 0 saturated heterocycles. The molecular weight excluding hydrogens is 174 g/mol. The molecule has 0 aliphatic heterocycles. The molecular formula is C9H14F2N2. The van der Waals surface area contributed by atoms with Crippen LogP contribution in [0.2, 0.25) is 0 Å². The minimum atomic E-state index is -2.43. The van der Waals surface area contributed by atoms with Crippen molar-refractivity contribution in [2.75, 3.05) is 0 Å². The van der Waals surface area contributed by atoms with Crippen LogP contribution < -0.4 is 0 Å². The summed E-state index contributed by atoms with van der Waals surface area (Å²) in [7, 11) is 0. The topological polar surface area (TPSA) is 17.8 Å². The molecule has 0 unspecified atom stereocenters. The summed E-state index contributed by atoms with van der Waals surface area (Å²) >= 11 is 0. The Kier molecular flexibility index (Phi) is 2.41. The Labute approximate surface area is 76.6 Å². The van der Waals surface area contributed by atoms with Gasteiger partial charge in [0.05, 0.1) is 17.3 Å². The van der Waals surface area contributed by atoms with E-state index in [9.17, 15) is 8.78 Å². The number of rotatable bonds is 1. The molecule has 1 heterocycles. The van der Waals surface area contributed by atoms with E-state index in [0.717, 1.165) is 0 Å². The van der Waals surface area contributed by atoms with E-state index in [2.05, 4.69) is 5.10 Å². The van der Waals surface area contributed by atoms with E-state index in [1.807, 2.05) is 20.8 Å². The normalized spacial score (nSPS) is 12.5. The monoisotopic (exact) mass is 188 g/mol. The molecule has 0 spiro atoms. The van der Waals surface area contributed by atoms with Gasteiger partial charge in [0, 0.05) is 5.69 Å². The summed E-state index contributed by atoms with van der Waals surface area (Å²) in [6.45, 7) is 7.46. The van der Waals surface area contributed by atoms with Crippen LogP contribution in [0.5, 0.6) is 0 Å². The lowest BCUT2D eigenvalue weighted by Gasteiger charge is -2.21. The average molecular weight is 188 g/mol. The van der Waals surface area contributed by atoms with Crippen LogP contribution in [-0.4, -0.2) is 9.78 Å². The number of halogens is 2. The molecule has 0 aliphatic carbocycles. The second-order valence-electron chi connectivity index (χ2n) is 4.07. The fraction of sp³-hybridized carbons (Fsp3) is 0.667. The fourth-order valence-electron chi connectivity index (χ4n) is 1.31. The molecule has 1 aromatic heterocycles. The van der Waals surface area contributed by atoms with E-state index in [0.29, 0.717) is 5.69 Å². The number of hydrogen-bond acceptors (Lipinski definition) is 1. The molecule has 0 saturated carbocycles. The maximum Gasteiger partial charge on any atom is 0.267 e. The van der Waals surface area contributed by atoms with Crippen molar-refractivity contribution >= 4 is 0 Å². The van der Waals surface area contributed by atoms with Crippen molar-refractivity contribution in [3.63, 3.8) is 0 Å². The molecule has 0 fully saturated rings. The zero-order chi connectivity index (χ0) is 10.2.